The molecule has 0 saturated heterocycles. The Bertz CT molecular complexity index is 413. The van der Waals surface area contributed by atoms with Crippen molar-refractivity contribution in [3.63, 3.8) is 0 Å². The molecule has 0 unspecified atom stereocenters. The standard InChI is InChI=1S/C12H14F3N.ClH/c1-11(2)7-16-6-8-4-3-5-9(10(8)11)12(13,14)15;/h3-5,16H,6-7H2,1-2H3;1H. The second kappa shape index (κ2) is 4.50. The van der Waals surface area contributed by atoms with Crippen LogP contribution in [0.3, 0.4) is 0 Å². The Labute approximate surface area is 105 Å². The van der Waals surface area contributed by atoms with E-state index < -0.39 is 17.2 Å². The first-order valence-electron chi connectivity index (χ1n) is 5.23. The van der Waals surface area contributed by atoms with Gasteiger partial charge in [0.15, 0.2) is 0 Å². The third-order valence-corrected chi connectivity index (χ3v) is 3.02. The number of halogens is 4. The van der Waals surface area contributed by atoms with Gasteiger partial charge in [-0.1, -0.05) is 26.0 Å². The summed E-state index contributed by atoms with van der Waals surface area (Å²) in [6.07, 6.45) is -4.26. The van der Waals surface area contributed by atoms with E-state index in [9.17, 15) is 13.2 Å². The zero-order valence-corrected chi connectivity index (χ0v) is 10.5. The normalized spacial score (nSPS) is 18.2. The number of hydrogen-bond acceptors (Lipinski definition) is 1. The summed E-state index contributed by atoms with van der Waals surface area (Å²) in [5.74, 6) is 0. The lowest BCUT2D eigenvalue weighted by atomic mass is 9.76. The van der Waals surface area contributed by atoms with E-state index in [2.05, 4.69) is 5.32 Å². The van der Waals surface area contributed by atoms with Crippen molar-refractivity contribution in [2.24, 2.45) is 0 Å². The summed E-state index contributed by atoms with van der Waals surface area (Å²) < 4.78 is 38.7. The molecular weight excluding hydrogens is 251 g/mol. The summed E-state index contributed by atoms with van der Waals surface area (Å²) in [5.41, 5.74) is 0.239. The molecule has 0 aliphatic carbocycles. The average molecular weight is 266 g/mol. The summed E-state index contributed by atoms with van der Waals surface area (Å²) in [6.45, 7) is 4.77. The summed E-state index contributed by atoms with van der Waals surface area (Å²) in [6, 6.07) is 4.41. The number of alkyl halides is 3. The van der Waals surface area contributed by atoms with Crippen molar-refractivity contribution in [2.45, 2.75) is 32.0 Å². The van der Waals surface area contributed by atoms with Crippen LogP contribution in [0.5, 0.6) is 0 Å². The lowest BCUT2D eigenvalue weighted by Crippen LogP contribution is -2.40. The first kappa shape index (κ1) is 14.3. The molecule has 1 aliphatic heterocycles. The third-order valence-electron chi connectivity index (χ3n) is 3.02. The molecule has 5 heteroatoms. The van der Waals surface area contributed by atoms with Crippen LogP contribution >= 0.6 is 12.4 Å². The smallest absolute Gasteiger partial charge is 0.312 e. The van der Waals surface area contributed by atoms with Gasteiger partial charge in [-0.15, -0.1) is 12.4 Å². The molecule has 0 spiro atoms. The zero-order chi connectivity index (χ0) is 12.0. The Morgan fingerprint density at radius 1 is 1.24 bits per heavy atom. The fourth-order valence-electron chi connectivity index (χ4n) is 2.38. The maximum atomic E-state index is 12.9. The highest BCUT2D eigenvalue weighted by Crippen LogP contribution is 2.40. The second-order valence-electron chi connectivity index (χ2n) is 4.82. The van der Waals surface area contributed by atoms with E-state index in [0.29, 0.717) is 18.7 Å². The van der Waals surface area contributed by atoms with Gasteiger partial charge in [0.2, 0.25) is 0 Å². The van der Waals surface area contributed by atoms with E-state index in [-0.39, 0.29) is 12.4 Å². The van der Waals surface area contributed by atoms with Gasteiger partial charge >= 0.3 is 6.18 Å². The van der Waals surface area contributed by atoms with Crippen LogP contribution < -0.4 is 5.32 Å². The van der Waals surface area contributed by atoms with E-state index in [1.807, 2.05) is 13.8 Å². The maximum Gasteiger partial charge on any atom is 0.416 e. The van der Waals surface area contributed by atoms with E-state index in [4.69, 9.17) is 0 Å². The molecule has 1 aromatic carbocycles. The first-order valence-corrected chi connectivity index (χ1v) is 5.23. The van der Waals surface area contributed by atoms with Crippen molar-refractivity contribution in [3.05, 3.63) is 34.9 Å². The van der Waals surface area contributed by atoms with Crippen molar-refractivity contribution in [1.29, 1.82) is 0 Å². The Hall–Kier alpha value is -0.740. The number of hydrogen-bond donors (Lipinski definition) is 1. The highest BCUT2D eigenvalue weighted by atomic mass is 35.5. The quantitative estimate of drug-likeness (QED) is 0.757. The lowest BCUT2D eigenvalue weighted by molar-refractivity contribution is -0.138. The van der Waals surface area contributed by atoms with E-state index in [1.165, 1.54) is 12.1 Å². The SMILES string of the molecule is CC1(C)CNCc2cccc(C(F)(F)F)c21.Cl. The van der Waals surface area contributed by atoms with Crippen molar-refractivity contribution < 1.29 is 13.2 Å². The molecule has 0 aromatic heterocycles. The fraction of sp³-hybridized carbons (Fsp3) is 0.500. The molecule has 0 bridgehead atoms. The summed E-state index contributed by atoms with van der Waals surface area (Å²) in [7, 11) is 0. The fourth-order valence-corrected chi connectivity index (χ4v) is 2.38. The van der Waals surface area contributed by atoms with E-state index in [1.54, 1.807) is 6.07 Å². The molecule has 0 radical (unpaired) electrons. The van der Waals surface area contributed by atoms with Gasteiger partial charge < -0.3 is 5.32 Å². The molecule has 0 atom stereocenters. The topological polar surface area (TPSA) is 12.0 Å². The predicted octanol–water partition coefficient (Wildman–Crippen LogP) is 3.51. The largest absolute Gasteiger partial charge is 0.416 e. The number of rotatable bonds is 0. The minimum Gasteiger partial charge on any atom is -0.312 e. The van der Waals surface area contributed by atoms with Crippen LogP contribution in [0.1, 0.15) is 30.5 Å². The van der Waals surface area contributed by atoms with Gasteiger partial charge in [0.05, 0.1) is 5.56 Å². The van der Waals surface area contributed by atoms with Crippen LogP contribution in [0.15, 0.2) is 18.2 Å². The van der Waals surface area contributed by atoms with Gasteiger partial charge in [0.25, 0.3) is 0 Å². The van der Waals surface area contributed by atoms with Crippen molar-refractivity contribution >= 4 is 12.4 Å². The molecule has 1 heterocycles. The van der Waals surface area contributed by atoms with Crippen LogP contribution in [-0.2, 0) is 18.1 Å². The zero-order valence-electron chi connectivity index (χ0n) is 9.69. The molecule has 17 heavy (non-hydrogen) atoms. The molecule has 1 aliphatic rings. The number of fused-ring (bicyclic) bond motifs is 1. The minimum atomic E-state index is -4.26. The van der Waals surface area contributed by atoms with E-state index >= 15 is 0 Å². The third kappa shape index (κ3) is 2.58. The Morgan fingerprint density at radius 2 is 1.88 bits per heavy atom. The maximum absolute atomic E-state index is 12.9. The predicted molar refractivity (Wildman–Crippen MR) is 63.4 cm³/mol. The monoisotopic (exact) mass is 265 g/mol. The Balaban J connectivity index is 0.00000144. The minimum absolute atomic E-state index is 0. The van der Waals surface area contributed by atoms with Crippen LogP contribution in [0.2, 0.25) is 0 Å². The molecule has 1 N–H and O–H groups in total. The molecule has 0 fully saturated rings. The Morgan fingerprint density at radius 3 is 2.47 bits per heavy atom. The summed E-state index contributed by atoms with van der Waals surface area (Å²) in [5, 5.41) is 3.14. The van der Waals surface area contributed by atoms with Crippen LogP contribution in [0.25, 0.3) is 0 Å². The van der Waals surface area contributed by atoms with Gasteiger partial charge in [-0.05, 0) is 17.2 Å². The van der Waals surface area contributed by atoms with Gasteiger partial charge in [0.1, 0.15) is 0 Å². The number of nitrogens with one attached hydrogen (secondary N) is 1. The summed E-state index contributed by atoms with van der Waals surface area (Å²) in [4.78, 5) is 0. The molecule has 0 amide bonds. The van der Waals surface area contributed by atoms with Crippen molar-refractivity contribution in [2.75, 3.05) is 6.54 Å². The molecule has 2 rings (SSSR count). The molecule has 1 aromatic rings. The molecule has 0 saturated carbocycles. The van der Waals surface area contributed by atoms with Crippen molar-refractivity contribution in [1.82, 2.24) is 5.32 Å². The van der Waals surface area contributed by atoms with Crippen molar-refractivity contribution in [3.8, 4) is 0 Å². The molecule has 1 nitrogen and oxygen atoms in total. The first-order chi connectivity index (χ1) is 7.32. The van der Waals surface area contributed by atoms with Gasteiger partial charge in [-0.3, -0.25) is 0 Å². The van der Waals surface area contributed by atoms with Gasteiger partial charge in [-0.2, -0.15) is 13.2 Å². The van der Waals surface area contributed by atoms with Crippen LogP contribution in [-0.4, -0.2) is 6.54 Å². The van der Waals surface area contributed by atoms with Crippen LogP contribution in [0, 0.1) is 0 Å². The number of benzene rings is 1. The van der Waals surface area contributed by atoms with Crippen LogP contribution in [0.4, 0.5) is 13.2 Å². The molecule has 96 valence electrons. The van der Waals surface area contributed by atoms with Gasteiger partial charge in [-0.25, -0.2) is 0 Å². The summed E-state index contributed by atoms with van der Waals surface area (Å²) >= 11 is 0. The molecular formula is C12H15ClF3N. The second-order valence-corrected chi connectivity index (χ2v) is 4.82. The van der Waals surface area contributed by atoms with E-state index in [0.717, 1.165) is 5.56 Å². The lowest BCUT2D eigenvalue weighted by Gasteiger charge is -2.35. The van der Waals surface area contributed by atoms with Gasteiger partial charge in [0, 0.05) is 18.5 Å². The highest BCUT2D eigenvalue weighted by molar-refractivity contribution is 5.85. The average Bonchev–Trinajstić information content (AvgIpc) is 2.15. The Kier molecular flexibility index (Phi) is 3.79. The highest BCUT2D eigenvalue weighted by Gasteiger charge is 2.40.